The molecule has 0 aromatic carbocycles. The molecule has 1 saturated carbocycles. The molecule has 0 aromatic rings. The van der Waals surface area contributed by atoms with Crippen LogP contribution >= 0.6 is 0 Å². The Morgan fingerprint density at radius 3 is 2.41 bits per heavy atom. The molecule has 96 valence electrons. The quantitative estimate of drug-likeness (QED) is 0.745. The van der Waals surface area contributed by atoms with Crippen molar-refractivity contribution in [2.45, 2.75) is 51.1 Å². The second-order valence-corrected chi connectivity index (χ2v) is 5.75. The van der Waals surface area contributed by atoms with Gasteiger partial charge in [-0.25, -0.2) is 0 Å². The third-order valence-corrected chi connectivity index (χ3v) is 4.31. The fourth-order valence-corrected chi connectivity index (χ4v) is 2.98. The zero-order chi connectivity index (χ0) is 12.4. The van der Waals surface area contributed by atoms with Crippen LogP contribution < -0.4 is 5.73 Å². The van der Waals surface area contributed by atoms with Crippen LogP contribution in [0.2, 0.25) is 0 Å². The van der Waals surface area contributed by atoms with Gasteiger partial charge in [0, 0.05) is 19.1 Å². The smallest absolute Gasteiger partial charge is 0.229 e. The second-order valence-electron chi connectivity index (χ2n) is 5.75. The van der Waals surface area contributed by atoms with Crippen molar-refractivity contribution in [3.8, 4) is 0 Å². The molecule has 1 amide bonds. The van der Waals surface area contributed by atoms with E-state index in [0.717, 1.165) is 25.2 Å². The van der Waals surface area contributed by atoms with Crippen molar-refractivity contribution < 1.29 is 4.79 Å². The molecular formula is C14H24N2O. The standard InChI is InChI=1S/C14H24N2O/c1-10-3-7-13(8-4-10)16(2)14(17)11-5-6-12(15)9-11/h5-6,10-13H,3-4,7-9,15H2,1-2H3. The number of nitrogens with zero attached hydrogens (tertiary/aromatic N) is 1. The summed E-state index contributed by atoms with van der Waals surface area (Å²) >= 11 is 0. The van der Waals surface area contributed by atoms with Gasteiger partial charge < -0.3 is 10.6 Å². The van der Waals surface area contributed by atoms with Crippen LogP contribution in [-0.2, 0) is 4.79 Å². The van der Waals surface area contributed by atoms with E-state index in [0.29, 0.717) is 6.04 Å². The van der Waals surface area contributed by atoms with Crippen LogP contribution in [-0.4, -0.2) is 29.9 Å². The van der Waals surface area contributed by atoms with Gasteiger partial charge in [-0.05, 0) is 38.0 Å². The van der Waals surface area contributed by atoms with Gasteiger partial charge in [-0.3, -0.25) is 4.79 Å². The highest BCUT2D eigenvalue weighted by atomic mass is 16.2. The number of carbonyl (C=O) groups is 1. The molecule has 3 heteroatoms. The Kier molecular flexibility index (Phi) is 3.87. The predicted molar refractivity (Wildman–Crippen MR) is 69.4 cm³/mol. The molecule has 0 aromatic heterocycles. The summed E-state index contributed by atoms with van der Waals surface area (Å²) in [5.41, 5.74) is 5.80. The van der Waals surface area contributed by atoms with Gasteiger partial charge in [0.15, 0.2) is 0 Å². The first-order valence-corrected chi connectivity index (χ1v) is 6.78. The number of hydrogen-bond donors (Lipinski definition) is 1. The van der Waals surface area contributed by atoms with E-state index in [-0.39, 0.29) is 17.9 Å². The van der Waals surface area contributed by atoms with Crippen LogP contribution in [0.5, 0.6) is 0 Å². The van der Waals surface area contributed by atoms with Crippen molar-refractivity contribution in [3.05, 3.63) is 12.2 Å². The van der Waals surface area contributed by atoms with E-state index < -0.39 is 0 Å². The van der Waals surface area contributed by atoms with E-state index in [9.17, 15) is 4.79 Å². The van der Waals surface area contributed by atoms with Crippen molar-refractivity contribution in [1.29, 1.82) is 0 Å². The Balaban J connectivity index is 1.89. The van der Waals surface area contributed by atoms with Crippen molar-refractivity contribution >= 4 is 5.91 Å². The first-order chi connectivity index (χ1) is 8.08. The SMILES string of the molecule is CC1CCC(N(C)C(=O)C2C=CC(N)C2)CC1. The molecule has 0 heterocycles. The van der Waals surface area contributed by atoms with Crippen molar-refractivity contribution in [1.82, 2.24) is 4.90 Å². The molecule has 17 heavy (non-hydrogen) atoms. The third-order valence-electron chi connectivity index (χ3n) is 4.31. The fraction of sp³-hybridized carbons (Fsp3) is 0.786. The Hall–Kier alpha value is -0.830. The third kappa shape index (κ3) is 2.89. The highest BCUT2D eigenvalue weighted by molar-refractivity contribution is 5.81. The number of amides is 1. The van der Waals surface area contributed by atoms with Gasteiger partial charge >= 0.3 is 0 Å². The Morgan fingerprint density at radius 1 is 1.24 bits per heavy atom. The molecule has 2 aliphatic rings. The van der Waals surface area contributed by atoms with E-state index >= 15 is 0 Å². The van der Waals surface area contributed by atoms with Crippen LogP contribution in [0.1, 0.15) is 39.0 Å². The fourth-order valence-electron chi connectivity index (χ4n) is 2.98. The lowest BCUT2D eigenvalue weighted by molar-refractivity contribution is -0.135. The average Bonchev–Trinajstić information content (AvgIpc) is 2.75. The van der Waals surface area contributed by atoms with Gasteiger partial charge in [-0.15, -0.1) is 0 Å². The first-order valence-electron chi connectivity index (χ1n) is 6.78. The van der Waals surface area contributed by atoms with Gasteiger partial charge in [-0.2, -0.15) is 0 Å². The maximum atomic E-state index is 12.3. The minimum atomic E-state index is 0.0225. The molecular weight excluding hydrogens is 212 g/mol. The molecule has 1 fully saturated rings. The number of nitrogens with two attached hydrogens (primary N) is 1. The summed E-state index contributed by atoms with van der Waals surface area (Å²) in [7, 11) is 1.96. The maximum Gasteiger partial charge on any atom is 0.229 e. The largest absolute Gasteiger partial charge is 0.342 e. The van der Waals surface area contributed by atoms with Crippen molar-refractivity contribution in [2.24, 2.45) is 17.6 Å². The van der Waals surface area contributed by atoms with Crippen molar-refractivity contribution in [2.75, 3.05) is 7.05 Å². The zero-order valence-corrected chi connectivity index (χ0v) is 10.9. The Morgan fingerprint density at radius 2 is 1.88 bits per heavy atom. The molecule has 3 nitrogen and oxygen atoms in total. The summed E-state index contributed by atoms with van der Waals surface area (Å²) < 4.78 is 0. The lowest BCUT2D eigenvalue weighted by Crippen LogP contribution is -2.42. The highest BCUT2D eigenvalue weighted by Gasteiger charge is 2.30. The normalized spacial score (nSPS) is 37.1. The summed E-state index contributed by atoms with van der Waals surface area (Å²) in [4.78, 5) is 14.3. The van der Waals surface area contributed by atoms with E-state index in [2.05, 4.69) is 6.92 Å². The molecule has 0 saturated heterocycles. The van der Waals surface area contributed by atoms with Gasteiger partial charge in [0.1, 0.15) is 0 Å². The van der Waals surface area contributed by atoms with Crippen LogP contribution in [0.15, 0.2) is 12.2 Å². The van der Waals surface area contributed by atoms with Gasteiger partial charge in [-0.1, -0.05) is 19.1 Å². The van der Waals surface area contributed by atoms with Gasteiger partial charge in [0.2, 0.25) is 5.91 Å². The van der Waals surface area contributed by atoms with Crippen LogP contribution in [0.25, 0.3) is 0 Å². The molecule has 0 spiro atoms. The van der Waals surface area contributed by atoms with Gasteiger partial charge in [0.05, 0.1) is 5.92 Å². The molecule has 2 unspecified atom stereocenters. The lowest BCUT2D eigenvalue weighted by Gasteiger charge is -2.34. The van der Waals surface area contributed by atoms with Crippen LogP contribution in [0, 0.1) is 11.8 Å². The van der Waals surface area contributed by atoms with Crippen molar-refractivity contribution in [3.63, 3.8) is 0 Å². The summed E-state index contributed by atoms with van der Waals surface area (Å²) in [6.45, 7) is 2.30. The summed E-state index contributed by atoms with van der Waals surface area (Å²) in [5, 5.41) is 0. The van der Waals surface area contributed by atoms with Gasteiger partial charge in [0.25, 0.3) is 0 Å². The monoisotopic (exact) mass is 236 g/mol. The van der Waals surface area contributed by atoms with E-state index in [1.165, 1.54) is 12.8 Å². The van der Waals surface area contributed by atoms with E-state index in [1.807, 2.05) is 24.1 Å². The maximum absolute atomic E-state index is 12.3. The first kappa shape index (κ1) is 12.6. The number of hydrogen-bond acceptors (Lipinski definition) is 2. The second kappa shape index (κ2) is 5.21. The highest BCUT2D eigenvalue weighted by Crippen LogP contribution is 2.28. The molecule has 2 atom stereocenters. The molecule has 2 rings (SSSR count). The molecule has 2 N–H and O–H groups in total. The number of rotatable bonds is 2. The summed E-state index contributed by atoms with van der Waals surface area (Å²) in [6, 6.07) is 0.521. The summed E-state index contributed by atoms with van der Waals surface area (Å²) in [5.74, 6) is 1.11. The lowest BCUT2D eigenvalue weighted by atomic mass is 9.86. The van der Waals surface area contributed by atoms with Crippen LogP contribution in [0.4, 0.5) is 0 Å². The van der Waals surface area contributed by atoms with E-state index in [4.69, 9.17) is 5.73 Å². The van der Waals surface area contributed by atoms with Crippen LogP contribution in [0.3, 0.4) is 0 Å². The molecule has 0 bridgehead atoms. The number of carbonyl (C=O) groups excluding carboxylic acids is 1. The predicted octanol–water partition coefficient (Wildman–Crippen LogP) is 1.93. The van der Waals surface area contributed by atoms with E-state index in [1.54, 1.807) is 0 Å². The minimum Gasteiger partial charge on any atom is -0.342 e. The Labute approximate surface area is 104 Å². The Bertz CT molecular complexity index is 305. The zero-order valence-electron chi connectivity index (χ0n) is 10.9. The summed E-state index contributed by atoms with van der Waals surface area (Å²) in [6.07, 6.45) is 9.54. The topological polar surface area (TPSA) is 46.3 Å². The molecule has 2 aliphatic carbocycles. The minimum absolute atomic E-state index is 0.0225. The molecule has 0 radical (unpaired) electrons. The molecule has 0 aliphatic heterocycles. The average molecular weight is 236 g/mol.